The Morgan fingerprint density at radius 2 is 2.12 bits per heavy atom. The van der Waals surface area contributed by atoms with Crippen molar-refractivity contribution < 1.29 is 0 Å². The fraction of sp³-hybridized carbons (Fsp3) is 0.833. The normalized spacial score (nSPS) is 13.6. The van der Waals surface area contributed by atoms with Gasteiger partial charge in [-0.15, -0.1) is 10.2 Å². The molecule has 1 heterocycles. The van der Waals surface area contributed by atoms with Crippen LogP contribution >= 0.6 is 0 Å². The van der Waals surface area contributed by atoms with E-state index in [4.69, 9.17) is 0 Å². The molecule has 0 radical (unpaired) electrons. The molecule has 1 N–H and O–H groups in total. The van der Waals surface area contributed by atoms with Gasteiger partial charge < -0.3 is 14.8 Å². The lowest BCUT2D eigenvalue weighted by molar-refractivity contribution is 0.302. The van der Waals surface area contributed by atoms with Crippen LogP contribution in [0, 0.1) is 5.92 Å². The quantitative estimate of drug-likeness (QED) is 0.767. The molecule has 0 bridgehead atoms. The van der Waals surface area contributed by atoms with Gasteiger partial charge >= 0.3 is 0 Å². The second-order valence-corrected chi connectivity index (χ2v) is 5.33. The van der Waals surface area contributed by atoms with E-state index in [9.17, 15) is 0 Å². The number of aryl methyl sites for hydroxylation is 1. The number of aromatic nitrogens is 3. The number of nitrogens with one attached hydrogen (secondary N) is 1. The van der Waals surface area contributed by atoms with Crippen LogP contribution in [0.2, 0.25) is 0 Å². The number of rotatable bonds is 7. The summed E-state index contributed by atoms with van der Waals surface area (Å²) in [6.45, 7) is 6.34. The summed E-state index contributed by atoms with van der Waals surface area (Å²) < 4.78 is 1.95. The molecule has 0 spiro atoms. The third kappa shape index (κ3) is 5.28. The smallest absolute Gasteiger partial charge is 0.146 e. The predicted molar refractivity (Wildman–Crippen MR) is 69.6 cm³/mol. The van der Waals surface area contributed by atoms with E-state index in [1.807, 2.05) is 11.6 Å². The molecule has 0 aliphatic rings. The topological polar surface area (TPSA) is 46.0 Å². The molecule has 1 atom stereocenters. The summed E-state index contributed by atoms with van der Waals surface area (Å²) in [7, 11) is 6.19. The number of hydrogen-bond acceptors (Lipinski definition) is 4. The third-order valence-electron chi connectivity index (χ3n) is 2.70. The zero-order valence-corrected chi connectivity index (χ0v) is 11.6. The lowest BCUT2D eigenvalue weighted by Gasteiger charge is -2.23. The van der Waals surface area contributed by atoms with Gasteiger partial charge in [-0.1, -0.05) is 13.8 Å². The van der Waals surface area contributed by atoms with Crippen LogP contribution in [-0.4, -0.2) is 46.3 Å². The lowest BCUT2D eigenvalue weighted by atomic mass is 10.0. The Morgan fingerprint density at radius 3 is 2.59 bits per heavy atom. The first-order chi connectivity index (χ1) is 7.99. The van der Waals surface area contributed by atoms with E-state index >= 15 is 0 Å². The Morgan fingerprint density at radius 1 is 1.41 bits per heavy atom. The maximum absolute atomic E-state index is 4.08. The van der Waals surface area contributed by atoms with Crippen LogP contribution in [0.15, 0.2) is 6.33 Å². The van der Waals surface area contributed by atoms with Crippen molar-refractivity contribution in [2.75, 3.05) is 20.6 Å². The third-order valence-corrected chi connectivity index (χ3v) is 2.70. The zero-order chi connectivity index (χ0) is 12.8. The van der Waals surface area contributed by atoms with Gasteiger partial charge in [-0.2, -0.15) is 0 Å². The molecule has 1 aromatic rings. The van der Waals surface area contributed by atoms with Crippen molar-refractivity contribution >= 4 is 0 Å². The number of nitrogens with zero attached hydrogens (tertiary/aromatic N) is 4. The Bertz CT molecular complexity index is 308. The highest BCUT2D eigenvalue weighted by Crippen LogP contribution is 2.06. The molecule has 0 saturated heterocycles. The molecule has 5 heteroatoms. The molecule has 1 rings (SSSR count). The van der Waals surface area contributed by atoms with Crippen LogP contribution in [0.1, 0.15) is 26.1 Å². The van der Waals surface area contributed by atoms with Gasteiger partial charge in [0, 0.05) is 19.6 Å². The molecule has 0 fully saturated rings. The van der Waals surface area contributed by atoms with Gasteiger partial charge in [-0.25, -0.2) is 0 Å². The summed E-state index contributed by atoms with van der Waals surface area (Å²) in [4.78, 5) is 2.22. The Hall–Kier alpha value is -0.940. The molecule has 0 aliphatic carbocycles. The molecular formula is C12H25N5. The fourth-order valence-corrected chi connectivity index (χ4v) is 1.94. The monoisotopic (exact) mass is 239 g/mol. The maximum Gasteiger partial charge on any atom is 0.146 e. The highest BCUT2D eigenvalue weighted by Gasteiger charge is 2.12. The second-order valence-electron chi connectivity index (χ2n) is 5.33. The van der Waals surface area contributed by atoms with Crippen molar-refractivity contribution in [3.8, 4) is 0 Å². The van der Waals surface area contributed by atoms with Gasteiger partial charge in [0.1, 0.15) is 12.2 Å². The van der Waals surface area contributed by atoms with Crippen LogP contribution in [-0.2, 0) is 13.6 Å². The average molecular weight is 239 g/mol. The Balaban J connectivity index is 2.45. The summed E-state index contributed by atoms with van der Waals surface area (Å²) in [6, 6.07) is 0.502. The Kier molecular flexibility index (Phi) is 5.58. The highest BCUT2D eigenvalue weighted by atomic mass is 15.3. The minimum atomic E-state index is 0.502. The molecular weight excluding hydrogens is 214 g/mol. The number of hydrogen-bond donors (Lipinski definition) is 1. The summed E-state index contributed by atoms with van der Waals surface area (Å²) in [5.74, 6) is 1.68. The molecule has 1 unspecified atom stereocenters. The van der Waals surface area contributed by atoms with Gasteiger partial charge in [0.2, 0.25) is 0 Å². The van der Waals surface area contributed by atoms with Crippen molar-refractivity contribution in [2.45, 2.75) is 32.9 Å². The summed E-state index contributed by atoms with van der Waals surface area (Å²) >= 11 is 0. The van der Waals surface area contributed by atoms with Crippen LogP contribution in [0.4, 0.5) is 0 Å². The van der Waals surface area contributed by atoms with Crippen molar-refractivity contribution in [2.24, 2.45) is 13.0 Å². The lowest BCUT2D eigenvalue weighted by Crippen LogP contribution is -2.39. The van der Waals surface area contributed by atoms with E-state index < -0.39 is 0 Å². The van der Waals surface area contributed by atoms with Crippen LogP contribution in [0.25, 0.3) is 0 Å². The minimum absolute atomic E-state index is 0.502. The standard InChI is InChI=1S/C12H25N5/c1-10(2)6-11(8-16(3)4)13-7-12-15-14-9-17(12)5/h9-11,13H,6-8H2,1-5H3. The minimum Gasteiger partial charge on any atom is -0.320 e. The SMILES string of the molecule is CC(C)CC(CN(C)C)NCc1nncn1C. The van der Waals surface area contributed by atoms with Gasteiger partial charge in [0.05, 0.1) is 6.54 Å². The van der Waals surface area contributed by atoms with Gasteiger partial charge in [0.25, 0.3) is 0 Å². The van der Waals surface area contributed by atoms with Crippen LogP contribution in [0.3, 0.4) is 0 Å². The molecule has 0 amide bonds. The molecule has 17 heavy (non-hydrogen) atoms. The molecule has 5 nitrogen and oxygen atoms in total. The second kappa shape index (κ2) is 6.71. The Labute approximate surface area is 104 Å². The van der Waals surface area contributed by atoms with Gasteiger partial charge in [-0.3, -0.25) is 0 Å². The first kappa shape index (κ1) is 14.1. The van der Waals surface area contributed by atoms with Crippen LogP contribution < -0.4 is 5.32 Å². The van der Waals surface area contributed by atoms with Crippen molar-refractivity contribution in [3.63, 3.8) is 0 Å². The van der Waals surface area contributed by atoms with E-state index in [0.717, 1.165) is 18.9 Å². The van der Waals surface area contributed by atoms with E-state index in [1.165, 1.54) is 6.42 Å². The van der Waals surface area contributed by atoms with E-state index in [-0.39, 0.29) is 0 Å². The van der Waals surface area contributed by atoms with E-state index in [1.54, 1.807) is 6.33 Å². The summed E-state index contributed by atoms with van der Waals surface area (Å²) in [6.07, 6.45) is 2.91. The van der Waals surface area contributed by atoms with Crippen molar-refractivity contribution in [1.29, 1.82) is 0 Å². The van der Waals surface area contributed by atoms with Gasteiger partial charge in [-0.05, 0) is 26.4 Å². The average Bonchev–Trinajstić information content (AvgIpc) is 2.59. The molecule has 0 aliphatic heterocycles. The van der Waals surface area contributed by atoms with Gasteiger partial charge in [0.15, 0.2) is 0 Å². The van der Waals surface area contributed by atoms with Crippen molar-refractivity contribution in [1.82, 2.24) is 25.0 Å². The van der Waals surface area contributed by atoms with Crippen molar-refractivity contribution in [3.05, 3.63) is 12.2 Å². The molecule has 0 saturated carbocycles. The zero-order valence-electron chi connectivity index (χ0n) is 11.6. The van der Waals surface area contributed by atoms with E-state index in [2.05, 4.69) is 48.4 Å². The number of likely N-dealkylation sites (N-methyl/N-ethyl adjacent to an activating group) is 1. The fourth-order valence-electron chi connectivity index (χ4n) is 1.94. The van der Waals surface area contributed by atoms with E-state index in [0.29, 0.717) is 12.0 Å². The largest absolute Gasteiger partial charge is 0.320 e. The highest BCUT2D eigenvalue weighted by molar-refractivity contribution is 4.85. The molecule has 98 valence electrons. The van der Waals surface area contributed by atoms with Crippen LogP contribution in [0.5, 0.6) is 0 Å². The first-order valence-corrected chi connectivity index (χ1v) is 6.20. The summed E-state index contributed by atoms with van der Waals surface area (Å²) in [5.41, 5.74) is 0. The summed E-state index contributed by atoms with van der Waals surface area (Å²) in [5, 5.41) is 11.5. The molecule has 0 aromatic carbocycles. The molecule has 1 aromatic heterocycles. The maximum atomic E-state index is 4.08. The predicted octanol–water partition coefficient (Wildman–Crippen LogP) is 0.881. The first-order valence-electron chi connectivity index (χ1n) is 6.20.